The molecule has 0 radical (unpaired) electrons. The molecule has 4 heteroatoms. The van der Waals surface area contributed by atoms with Crippen LogP contribution in [-0.4, -0.2) is 36.5 Å². The molecule has 142 valence electrons. The molecule has 1 fully saturated rings. The van der Waals surface area contributed by atoms with Gasteiger partial charge in [0.05, 0.1) is 5.56 Å². The second-order valence-corrected chi connectivity index (χ2v) is 7.76. The first-order chi connectivity index (χ1) is 12.9. The SMILES string of the molecule is Cc1ccc(-c2ccc(C(=O)OCC(=O)N3CC(C)CC(C)C3)cc2)cc1. The number of likely N-dealkylation sites (tertiary alicyclic amines) is 1. The largest absolute Gasteiger partial charge is 0.452 e. The fourth-order valence-electron chi connectivity index (χ4n) is 3.71. The molecule has 2 aromatic rings. The highest BCUT2D eigenvalue weighted by atomic mass is 16.5. The number of hydrogen-bond acceptors (Lipinski definition) is 3. The average molecular weight is 365 g/mol. The van der Waals surface area contributed by atoms with E-state index >= 15 is 0 Å². The van der Waals surface area contributed by atoms with E-state index in [1.807, 2.05) is 17.0 Å². The van der Waals surface area contributed by atoms with Gasteiger partial charge in [-0.2, -0.15) is 0 Å². The summed E-state index contributed by atoms with van der Waals surface area (Å²) >= 11 is 0. The molecule has 3 rings (SSSR count). The van der Waals surface area contributed by atoms with Crippen molar-refractivity contribution in [3.8, 4) is 11.1 Å². The van der Waals surface area contributed by atoms with Gasteiger partial charge in [0.2, 0.25) is 0 Å². The molecule has 1 saturated heterocycles. The smallest absolute Gasteiger partial charge is 0.338 e. The van der Waals surface area contributed by atoms with Gasteiger partial charge < -0.3 is 9.64 Å². The van der Waals surface area contributed by atoms with Crippen molar-refractivity contribution in [1.29, 1.82) is 0 Å². The molecule has 0 aliphatic carbocycles. The molecular weight excluding hydrogens is 338 g/mol. The fraction of sp³-hybridized carbons (Fsp3) is 0.391. The van der Waals surface area contributed by atoms with E-state index in [1.165, 1.54) is 5.56 Å². The summed E-state index contributed by atoms with van der Waals surface area (Å²) < 4.78 is 5.24. The van der Waals surface area contributed by atoms with Crippen LogP contribution in [0, 0.1) is 18.8 Å². The summed E-state index contributed by atoms with van der Waals surface area (Å²) in [4.78, 5) is 26.4. The quantitative estimate of drug-likeness (QED) is 0.758. The van der Waals surface area contributed by atoms with Crippen molar-refractivity contribution in [2.75, 3.05) is 19.7 Å². The van der Waals surface area contributed by atoms with E-state index in [0.29, 0.717) is 17.4 Å². The Bertz CT molecular complexity index is 785. The first-order valence-electron chi connectivity index (χ1n) is 9.54. The number of amides is 1. The van der Waals surface area contributed by atoms with Crippen LogP contribution in [0.1, 0.15) is 36.2 Å². The highest BCUT2D eigenvalue weighted by Gasteiger charge is 2.26. The van der Waals surface area contributed by atoms with Crippen molar-refractivity contribution in [3.05, 3.63) is 59.7 Å². The Morgan fingerprint density at radius 1 is 0.926 bits per heavy atom. The van der Waals surface area contributed by atoms with Crippen molar-refractivity contribution >= 4 is 11.9 Å². The van der Waals surface area contributed by atoms with Crippen molar-refractivity contribution < 1.29 is 14.3 Å². The van der Waals surface area contributed by atoms with E-state index in [1.54, 1.807) is 12.1 Å². The highest BCUT2D eigenvalue weighted by Crippen LogP contribution is 2.22. The lowest BCUT2D eigenvalue weighted by Gasteiger charge is -2.34. The lowest BCUT2D eigenvalue weighted by molar-refractivity contribution is -0.137. The van der Waals surface area contributed by atoms with E-state index < -0.39 is 5.97 Å². The van der Waals surface area contributed by atoms with Crippen molar-refractivity contribution in [3.63, 3.8) is 0 Å². The molecule has 2 aromatic carbocycles. The van der Waals surface area contributed by atoms with Gasteiger partial charge in [0, 0.05) is 13.1 Å². The first kappa shape index (κ1) is 19.2. The molecule has 0 N–H and O–H groups in total. The van der Waals surface area contributed by atoms with Crippen LogP contribution in [0.5, 0.6) is 0 Å². The van der Waals surface area contributed by atoms with Crippen molar-refractivity contribution in [2.45, 2.75) is 27.2 Å². The molecule has 4 nitrogen and oxygen atoms in total. The molecular formula is C23H27NO3. The van der Waals surface area contributed by atoms with E-state index in [4.69, 9.17) is 4.74 Å². The minimum Gasteiger partial charge on any atom is -0.452 e. The molecule has 0 saturated carbocycles. The zero-order valence-electron chi connectivity index (χ0n) is 16.3. The third-order valence-corrected chi connectivity index (χ3v) is 5.05. The van der Waals surface area contributed by atoms with E-state index in [2.05, 4.69) is 45.0 Å². The standard InChI is InChI=1S/C23H27NO3/c1-16-4-6-19(7-5-16)20-8-10-21(11-9-20)23(26)27-15-22(25)24-13-17(2)12-18(3)14-24/h4-11,17-18H,12-15H2,1-3H3. The summed E-state index contributed by atoms with van der Waals surface area (Å²) in [6.07, 6.45) is 1.14. The number of rotatable bonds is 4. The number of nitrogens with zero attached hydrogens (tertiary/aromatic N) is 1. The first-order valence-corrected chi connectivity index (χ1v) is 9.54. The van der Waals surface area contributed by atoms with E-state index in [9.17, 15) is 9.59 Å². The molecule has 1 heterocycles. The molecule has 0 bridgehead atoms. The Morgan fingerprint density at radius 3 is 2.00 bits per heavy atom. The molecule has 27 heavy (non-hydrogen) atoms. The predicted octanol–water partition coefficient (Wildman–Crippen LogP) is 4.32. The number of carbonyl (C=O) groups excluding carboxylic acids is 2. The lowest BCUT2D eigenvalue weighted by atomic mass is 9.92. The van der Waals surface area contributed by atoms with Crippen LogP contribution in [-0.2, 0) is 9.53 Å². The zero-order valence-corrected chi connectivity index (χ0v) is 16.3. The molecule has 2 atom stereocenters. The van der Waals surface area contributed by atoms with Gasteiger partial charge in [0.15, 0.2) is 6.61 Å². The molecule has 1 aliphatic rings. The summed E-state index contributed by atoms with van der Waals surface area (Å²) in [5.74, 6) is 0.403. The predicted molar refractivity (Wildman–Crippen MR) is 106 cm³/mol. The number of esters is 1. The van der Waals surface area contributed by atoms with Crippen LogP contribution < -0.4 is 0 Å². The van der Waals surface area contributed by atoms with Gasteiger partial charge in [-0.15, -0.1) is 0 Å². The van der Waals surface area contributed by atoms with Crippen LogP contribution in [0.25, 0.3) is 11.1 Å². The van der Waals surface area contributed by atoms with Crippen LogP contribution in [0.3, 0.4) is 0 Å². The summed E-state index contributed by atoms with van der Waals surface area (Å²) in [5.41, 5.74) is 3.81. The summed E-state index contributed by atoms with van der Waals surface area (Å²) in [6.45, 7) is 7.64. The Kier molecular flexibility index (Phi) is 5.94. The number of aryl methyl sites for hydroxylation is 1. The second-order valence-electron chi connectivity index (χ2n) is 7.76. The Morgan fingerprint density at radius 2 is 1.44 bits per heavy atom. The van der Waals surface area contributed by atoms with Gasteiger partial charge >= 0.3 is 5.97 Å². The van der Waals surface area contributed by atoms with Gasteiger partial charge in [0.25, 0.3) is 5.91 Å². The third-order valence-electron chi connectivity index (χ3n) is 5.05. The minimum atomic E-state index is -0.461. The van der Waals surface area contributed by atoms with Crippen LogP contribution >= 0.6 is 0 Å². The second kappa shape index (κ2) is 8.38. The zero-order chi connectivity index (χ0) is 19.4. The molecule has 0 aromatic heterocycles. The summed E-state index contributed by atoms with van der Waals surface area (Å²) in [5, 5.41) is 0. The van der Waals surface area contributed by atoms with Gasteiger partial charge in [0.1, 0.15) is 0 Å². The van der Waals surface area contributed by atoms with Gasteiger partial charge in [-0.05, 0) is 48.4 Å². The van der Waals surface area contributed by atoms with Crippen molar-refractivity contribution in [2.24, 2.45) is 11.8 Å². The summed E-state index contributed by atoms with van der Waals surface area (Å²) in [6, 6.07) is 15.5. The Labute approximate surface area is 161 Å². The normalized spacial score (nSPS) is 19.6. The van der Waals surface area contributed by atoms with E-state index in [0.717, 1.165) is 30.6 Å². The molecule has 1 amide bonds. The van der Waals surface area contributed by atoms with Gasteiger partial charge in [-0.1, -0.05) is 55.8 Å². The highest BCUT2D eigenvalue weighted by molar-refractivity contribution is 5.91. The minimum absolute atomic E-state index is 0.113. The number of piperidine rings is 1. The molecule has 0 spiro atoms. The number of carbonyl (C=O) groups is 2. The van der Waals surface area contributed by atoms with Gasteiger partial charge in [-0.3, -0.25) is 4.79 Å². The number of benzene rings is 2. The maximum atomic E-state index is 12.3. The third kappa shape index (κ3) is 4.97. The topological polar surface area (TPSA) is 46.6 Å². The Hall–Kier alpha value is -2.62. The maximum Gasteiger partial charge on any atom is 0.338 e. The molecule has 2 unspecified atom stereocenters. The van der Waals surface area contributed by atoms with E-state index in [-0.39, 0.29) is 12.5 Å². The maximum absolute atomic E-state index is 12.3. The van der Waals surface area contributed by atoms with Crippen molar-refractivity contribution in [1.82, 2.24) is 4.90 Å². The monoisotopic (exact) mass is 365 g/mol. The van der Waals surface area contributed by atoms with Crippen LogP contribution in [0.4, 0.5) is 0 Å². The lowest BCUT2D eigenvalue weighted by Crippen LogP contribution is -2.44. The Balaban J connectivity index is 1.56. The number of ether oxygens (including phenoxy) is 1. The number of hydrogen-bond donors (Lipinski definition) is 0. The van der Waals surface area contributed by atoms with Crippen LogP contribution in [0.15, 0.2) is 48.5 Å². The summed E-state index contributed by atoms with van der Waals surface area (Å²) in [7, 11) is 0. The average Bonchev–Trinajstić information content (AvgIpc) is 2.66. The van der Waals surface area contributed by atoms with Gasteiger partial charge in [-0.25, -0.2) is 4.79 Å². The fourth-order valence-corrected chi connectivity index (χ4v) is 3.71. The molecule has 1 aliphatic heterocycles. The van der Waals surface area contributed by atoms with Crippen LogP contribution in [0.2, 0.25) is 0 Å².